The van der Waals surface area contributed by atoms with E-state index in [1.54, 1.807) is 24.4 Å². The van der Waals surface area contributed by atoms with Gasteiger partial charge in [0.2, 0.25) is 5.91 Å². The second-order valence-corrected chi connectivity index (χ2v) is 7.05. The van der Waals surface area contributed by atoms with Gasteiger partial charge in [0.15, 0.2) is 0 Å². The molecule has 150 valence electrons. The third-order valence-corrected chi connectivity index (χ3v) is 5.32. The van der Waals surface area contributed by atoms with Crippen molar-refractivity contribution in [2.75, 3.05) is 13.2 Å². The highest BCUT2D eigenvalue weighted by atomic mass is 35.5. The molecule has 2 aliphatic rings. The molecule has 4 rings (SSSR count). The highest BCUT2D eigenvalue weighted by Gasteiger charge is 2.46. The van der Waals surface area contributed by atoms with E-state index in [1.807, 2.05) is 6.92 Å². The Morgan fingerprint density at radius 3 is 2.96 bits per heavy atom. The second kappa shape index (κ2) is 8.41. The number of nitrogens with one attached hydrogen (secondary N) is 2. The summed E-state index contributed by atoms with van der Waals surface area (Å²) in [6, 6.07) is 6.22. The van der Waals surface area contributed by atoms with Crippen molar-refractivity contribution in [2.45, 2.75) is 44.2 Å². The van der Waals surface area contributed by atoms with Crippen molar-refractivity contribution in [1.29, 1.82) is 0 Å². The molecule has 2 atom stereocenters. The van der Waals surface area contributed by atoms with Crippen LogP contribution < -0.4 is 15.4 Å². The van der Waals surface area contributed by atoms with E-state index in [1.165, 1.54) is 6.07 Å². The predicted octanol–water partition coefficient (Wildman–Crippen LogP) is 3.18. The van der Waals surface area contributed by atoms with Crippen molar-refractivity contribution in [3.05, 3.63) is 42.1 Å². The third-order valence-electron chi connectivity index (χ3n) is 5.32. The van der Waals surface area contributed by atoms with Gasteiger partial charge in [0.25, 0.3) is 0 Å². The molecular formula is C20H24ClFN4O2. The molecule has 2 N–H and O–H groups in total. The Bertz CT molecular complexity index is 866. The van der Waals surface area contributed by atoms with Gasteiger partial charge in [-0.3, -0.25) is 10.1 Å². The molecule has 0 aliphatic carbocycles. The molecule has 28 heavy (non-hydrogen) atoms. The van der Waals surface area contributed by atoms with Crippen molar-refractivity contribution < 1.29 is 13.9 Å². The van der Waals surface area contributed by atoms with Crippen LogP contribution in [0.2, 0.25) is 0 Å². The van der Waals surface area contributed by atoms with Gasteiger partial charge in [0.05, 0.1) is 23.9 Å². The van der Waals surface area contributed by atoms with Crippen LogP contribution in [0.5, 0.6) is 5.75 Å². The van der Waals surface area contributed by atoms with E-state index < -0.39 is 5.54 Å². The van der Waals surface area contributed by atoms with Gasteiger partial charge in [-0.2, -0.15) is 0 Å². The molecule has 6 nitrogen and oxygen atoms in total. The first-order chi connectivity index (χ1) is 13.1. The van der Waals surface area contributed by atoms with Gasteiger partial charge in [-0.15, -0.1) is 12.4 Å². The summed E-state index contributed by atoms with van der Waals surface area (Å²) in [5.74, 6) is 0.892. The van der Waals surface area contributed by atoms with Crippen molar-refractivity contribution >= 4 is 18.3 Å². The molecule has 1 amide bonds. The van der Waals surface area contributed by atoms with Gasteiger partial charge < -0.3 is 10.1 Å². The number of rotatable bonds is 4. The van der Waals surface area contributed by atoms with Crippen LogP contribution >= 0.6 is 12.4 Å². The molecule has 1 aromatic heterocycles. The highest BCUT2D eigenvalue weighted by Crippen LogP contribution is 2.36. The van der Waals surface area contributed by atoms with E-state index in [0.717, 1.165) is 32.2 Å². The molecule has 8 heteroatoms. The van der Waals surface area contributed by atoms with Gasteiger partial charge in [0, 0.05) is 18.3 Å². The molecule has 0 bridgehead atoms. The maximum Gasteiger partial charge on any atom is 0.240 e. The lowest BCUT2D eigenvalue weighted by atomic mass is 9.88. The molecule has 2 aromatic rings. The minimum Gasteiger partial charge on any atom is -0.494 e. The standard InChI is InChI=1S/C20H23FN4O2.ClH/c1-2-27-13-4-5-15(21)14(12-13)16-7-11-22-18(24-16)17-6-9-20(25-17)8-3-10-23-19(20)26;/h4-5,7,11-12,17,25H,2-3,6,8-10H2,1H3,(H,23,26);1H/t17-,20+;/m1./s1. The van der Waals surface area contributed by atoms with Gasteiger partial charge in [-0.25, -0.2) is 14.4 Å². The van der Waals surface area contributed by atoms with Crippen molar-refractivity contribution in [3.63, 3.8) is 0 Å². The Morgan fingerprint density at radius 2 is 2.18 bits per heavy atom. The SMILES string of the molecule is CCOc1ccc(F)c(-c2ccnc([C@H]3CC[C@]4(CCCNC4=O)N3)n2)c1.Cl. The van der Waals surface area contributed by atoms with Crippen LogP contribution in [-0.2, 0) is 4.79 Å². The molecule has 0 saturated carbocycles. The Hall–Kier alpha value is -2.25. The number of ether oxygens (including phenoxy) is 1. The molecule has 2 fully saturated rings. The number of carbonyl (C=O) groups is 1. The number of hydrogen-bond donors (Lipinski definition) is 2. The number of benzene rings is 1. The van der Waals surface area contributed by atoms with Gasteiger partial charge in [0.1, 0.15) is 17.4 Å². The van der Waals surface area contributed by atoms with Crippen molar-refractivity contribution in [3.8, 4) is 17.0 Å². The van der Waals surface area contributed by atoms with Crippen molar-refractivity contribution in [1.82, 2.24) is 20.6 Å². The topological polar surface area (TPSA) is 76.1 Å². The zero-order valence-corrected chi connectivity index (χ0v) is 16.5. The molecule has 1 spiro atoms. The van der Waals surface area contributed by atoms with Crippen LogP contribution in [0.4, 0.5) is 4.39 Å². The molecule has 3 heterocycles. The largest absolute Gasteiger partial charge is 0.494 e. The van der Waals surface area contributed by atoms with Crippen LogP contribution in [-0.4, -0.2) is 34.6 Å². The normalized spacial score (nSPS) is 23.9. The van der Waals surface area contributed by atoms with E-state index in [4.69, 9.17) is 4.74 Å². The van der Waals surface area contributed by atoms with Crippen LogP contribution in [0.25, 0.3) is 11.3 Å². The lowest BCUT2D eigenvalue weighted by Gasteiger charge is -2.33. The minimum atomic E-state index is -0.525. The molecule has 0 unspecified atom stereocenters. The average molecular weight is 407 g/mol. The third kappa shape index (κ3) is 3.82. The van der Waals surface area contributed by atoms with Crippen molar-refractivity contribution in [2.24, 2.45) is 0 Å². The monoisotopic (exact) mass is 406 g/mol. The smallest absolute Gasteiger partial charge is 0.240 e. The average Bonchev–Trinajstić information content (AvgIpc) is 3.11. The number of amides is 1. The van der Waals surface area contributed by atoms with Crippen LogP contribution in [0.1, 0.15) is 44.5 Å². The van der Waals surface area contributed by atoms with Crippen LogP contribution in [0.15, 0.2) is 30.5 Å². The number of hydrogen-bond acceptors (Lipinski definition) is 5. The van der Waals surface area contributed by atoms with Gasteiger partial charge >= 0.3 is 0 Å². The Morgan fingerprint density at radius 1 is 1.32 bits per heavy atom. The summed E-state index contributed by atoms with van der Waals surface area (Å²) in [7, 11) is 0. The minimum absolute atomic E-state index is 0. The number of piperidine rings is 1. The molecule has 1 aromatic carbocycles. The molecule has 0 radical (unpaired) electrons. The first kappa shape index (κ1) is 20.5. The second-order valence-electron chi connectivity index (χ2n) is 7.05. The Labute approximate surface area is 169 Å². The lowest BCUT2D eigenvalue weighted by molar-refractivity contribution is -0.129. The quantitative estimate of drug-likeness (QED) is 0.815. The van der Waals surface area contributed by atoms with Crippen LogP contribution in [0, 0.1) is 5.82 Å². The zero-order chi connectivity index (χ0) is 18.9. The fraction of sp³-hybridized carbons (Fsp3) is 0.450. The Balaban J connectivity index is 0.00000225. The summed E-state index contributed by atoms with van der Waals surface area (Å²) in [5, 5.41) is 6.39. The van der Waals surface area contributed by atoms with E-state index in [0.29, 0.717) is 29.4 Å². The number of nitrogens with zero attached hydrogens (tertiary/aromatic N) is 2. The maximum atomic E-state index is 14.4. The first-order valence-electron chi connectivity index (χ1n) is 9.43. The van der Waals surface area contributed by atoms with Crippen LogP contribution in [0.3, 0.4) is 0 Å². The van der Waals surface area contributed by atoms with E-state index in [9.17, 15) is 9.18 Å². The Kier molecular flexibility index (Phi) is 6.15. The van der Waals surface area contributed by atoms with Gasteiger partial charge in [-0.1, -0.05) is 0 Å². The lowest BCUT2D eigenvalue weighted by Crippen LogP contribution is -2.57. The summed E-state index contributed by atoms with van der Waals surface area (Å²) in [5.41, 5.74) is 0.366. The summed E-state index contributed by atoms with van der Waals surface area (Å²) in [6.45, 7) is 3.12. The fourth-order valence-corrected chi connectivity index (χ4v) is 3.96. The predicted molar refractivity (Wildman–Crippen MR) is 106 cm³/mol. The fourth-order valence-electron chi connectivity index (χ4n) is 3.96. The van der Waals surface area contributed by atoms with E-state index in [-0.39, 0.29) is 30.2 Å². The highest BCUT2D eigenvalue weighted by molar-refractivity contribution is 5.87. The van der Waals surface area contributed by atoms with Gasteiger partial charge in [-0.05, 0) is 56.9 Å². The number of aromatic nitrogens is 2. The number of carbonyl (C=O) groups excluding carboxylic acids is 1. The van der Waals surface area contributed by atoms with E-state index in [2.05, 4.69) is 20.6 Å². The summed E-state index contributed by atoms with van der Waals surface area (Å²) in [4.78, 5) is 21.3. The summed E-state index contributed by atoms with van der Waals surface area (Å²) >= 11 is 0. The molecular weight excluding hydrogens is 383 g/mol. The maximum absolute atomic E-state index is 14.4. The van der Waals surface area contributed by atoms with E-state index >= 15 is 0 Å². The number of halogens is 2. The molecule has 2 aliphatic heterocycles. The molecule has 2 saturated heterocycles. The summed E-state index contributed by atoms with van der Waals surface area (Å²) in [6.07, 6.45) is 4.95. The first-order valence-corrected chi connectivity index (χ1v) is 9.43. The summed E-state index contributed by atoms with van der Waals surface area (Å²) < 4.78 is 19.8. The zero-order valence-electron chi connectivity index (χ0n) is 15.7.